The Morgan fingerprint density at radius 1 is 1.28 bits per heavy atom. The van der Waals surface area contributed by atoms with Gasteiger partial charge in [0.2, 0.25) is 11.8 Å². The number of nitrogens with one attached hydrogen (secondary N) is 1. The molecule has 7 nitrogen and oxygen atoms in total. The molecule has 1 fully saturated rings. The van der Waals surface area contributed by atoms with Crippen molar-refractivity contribution in [1.82, 2.24) is 15.2 Å². The Balaban J connectivity index is 1.53. The summed E-state index contributed by atoms with van der Waals surface area (Å²) in [5.41, 5.74) is 2.75. The van der Waals surface area contributed by atoms with E-state index in [2.05, 4.69) is 10.3 Å². The number of aliphatic carboxylic acids is 1. The average Bonchev–Trinajstić information content (AvgIpc) is 3.06. The molecule has 1 aromatic heterocycles. The van der Waals surface area contributed by atoms with E-state index in [1.165, 1.54) is 0 Å². The van der Waals surface area contributed by atoms with E-state index in [0.29, 0.717) is 19.5 Å². The van der Waals surface area contributed by atoms with E-state index in [-0.39, 0.29) is 24.8 Å². The maximum atomic E-state index is 12.5. The largest absolute Gasteiger partial charge is 0.481 e. The van der Waals surface area contributed by atoms with E-state index in [1.807, 2.05) is 43.3 Å². The number of carboxylic acids is 1. The summed E-state index contributed by atoms with van der Waals surface area (Å²) in [7, 11) is 0. The Morgan fingerprint density at radius 2 is 2.10 bits per heavy atom. The molecule has 0 radical (unpaired) electrons. The van der Waals surface area contributed by atoms with E-state index in [9.17, 15) is 19.5 Å². The number of amides is 2. The number of likely N-dealkylation sites (tertiary alicyclic amines) is 1. The number of hydrogen-bond donors (Lipinski definition) is 2. The van der Waals surface area contributed by atoms with Crippen LogP contribution in [0.2, 0.25) is 0 Å². The second kappa shape index (κ2) is 9.32. The molecular weight excluding hydrogens is 370 g/mol. The smallest absolute Gasteiger partial charge is 0.308 e. The van der Waals surface area contributed by atoms with Crippen LogP contribution in [0.4, 0.5) is 0 Å². The van der Waals surface area contributed by atoms with Crippen molar-refractivity contribution < 1.29 is 19.5 Å². The van der Waals surface area contributed by atoms with Crippen LogP contribution in [0.1, 0.15) is 23.2 Å². The number of nitrogens with zero attached hydrogens (tertiary/aromatic N) is 2. The van der Waals surface area contributed by atoms with Crippen LogP contribution in [0, 0.1) is 18.8 Å². The second-order valence-corrected chi connectivity index (χ2v) is 7.47. The van der Waals surface area contributed by atoms with E-state index >= 15 is 0 Å². The van der Waals surface area contributed by atoms with Gasteiger partial charge in [0.15, 0.2) is 0 Å². The highest BCUT2D eigenvalue weighted by molar-refractivity contribution is 5.89. The Morgan fingerprint density at radius 3 is 2.79 bits per heavy atom. The van der Waals surface area contributed by atoms with Crippen LogP contribution >= 0.6 is 0 Å². The number of carbonyl (C=O) groups excluding carboxylic acids is 2. The molecule has 2 atom stereocenters. The number of benzene rings is 1. The van der Waals surface area contributed by atoms with Crippen molar-refractivity contribution in [1.29, 1.82) is 0 Å². The van der Waals surface area contributed by atoms with Gasteiger partial charge in [0.25, 0.3) is 0 Å². The van der Waals surface area contributed by atoms with Gasteiger partial charge in [0.05, 0.1) is 24.1 Å². The molecule has 29 heavy (non-hydrogen) atoms. The molecule has 152 valence electrons. The Bertz CT molecular complexity index is 885. The van der Waals surface area contributed by atoms with Crippen LogP contribution in [0.25, 0.3) is 0 Å². The quantitative estimate of drug-likeness (QED) is 0.710. The third kappa shape index (κ3) is 5.63. The van der Waals surface area contributed by atoms with E-state index in [0.717, 1.165) is 16.8 Å². The molecule has 2 amide bonds. The minimum atomic E-state index is -0.953. The monoisotopic (exact) mass is 395 g/mol. The number of aromatic nitrogens is 1. The van der Waals surface area contributed by atoms with Crippen molar-refractivity contribution in [3.8, 4) is 0 Å². The first-order valence-electron chi connectivity index (χ1n) is 9.66. The Hall–Kier alpha value is -3.22. The maximum absolute atomic E-state index is 12.5. The normalized spacial score (nSPS) is 17.2. The molecule has 3 rings (SSSR count). The molecule has 2 N–H and O–H groups in total. The summed E-state index contributed by atoms with van der Waals surface area (Å²) >= 11 is 0. The summed E-state index contributed by atoms with van der Waals surface area (Å²) in [4.78, 5) is 42.2. The van der Waals surface area contributed by atoms with Gasteiger partial charge in [-0.05, 0) is 31.0 Å². The predicted octanol–water partition coefficient (Wildman–Crippen LogP) is 1.80. The first-order valence-corrected chi connectivity index (χ1v) is 9.66. The fourth-order valence-corrected chi connectivity index (χ4v) is 3.53. The summed E-state index contributed by atoms with van der Waals surface area (Å²) in [5.74, 6) is -2.52. The van der Waals surface area contributed by atoms with E-state index in [4.69, 9.17) is 0 Å². The number of pyridine rings is 1. The summed E-state index contributed by atoms with van der Waals surface area (Å²) in [6.07, 6.45) is 2.14. The van der Waals surface area contributed by atoms with Crippen molar-refractivity contribution in [2.75, 3.05) is 13.1 Å². The fourth-order valence-electron chi connectivity index (χ4n) is 3.53. The van der Waals surface area contributed by atoms with E-state index < -0.39 is 17.8 Å². The lowest BCUT2D eigenvalue weighted by atomic mass is 9.97. The first kappa shape index (κ1) is 20.5. The zero-order valence-corrected chi connectivity index (χ0v) is 16.4. The van der Waals surface area contributed by atoms with Crippen molar-refractivity contribution >= 4 is 17.8 Å². The zero-order chi connectivity index (χ0) is 20.8. The van der Waals surface area contributed by atoms with Gasteiger partial charge in [0, 0.05) is 25.7 Å². The molecule has 1 aliphatic rings. The SMILES string of the molecule is Cc1cccc(C[C@@H](CNC(=O)[C@@H]2CC(=O)N(Cc3ccccn3)C2)C(=O)O)c1. The number of aryl methyl sites for hydroxylation is 1. The molecule has 0 spiro atoms. The molecule has 0 saturated carbocycles. The van der Waals surface area contributed by atoms with Crippen LogP contribution in [-0.4, -0.2) is 45.9 Å². The van der Waals surface area contributed by atoms with Gasteiger partial charge in [-0.3, -0.25) is 19.4 Å². The lowest BCUT2D eigenvalue weighted by molar-refractivity contribution is -0.141. The summed E-state index contributed by atoms with van der Waals surface area (Å²) < 4.78 is 0. The molecule has 1 aliphatic heterocycles. The van der Waals surface area contributed by atoms with Gasteiger partial charge in [-0.25, -0.2) is 0 Å². The summed E-state index contributed by atoms with van der Waals surface area (Å²) in [6.45, 7) is 2.67. The fraction of sp³-hybridized carbons (Fsp3) is 0.364. The highest BCUT2D eigenvalue weighted by atomic mass is 16.4. The number of rotatable bonds is 8. The third-order valence-corrected chi connectivity index (χ3v) is 5.10. The lowest BCUT2D eigenvalue weighted by Crippen LogP contribution is -2.38. The van der Waals surface area contributed by atoms with Crippen molar-refractivity contribution in [3.05, 3.63) is 65.5 Å². The average molecular weight is 395 g/mol. The maximum Gasteiger partial charge on any atom is 0.308 e. The van der Waals surface area contributed by atoms with Gasteiger partial charge in [-0.2, -0.15) is 0 Å². The molecular formula is C22H25N3O4. The topological polar surface area (TPSA) is 99.6 Å². The summed E-state index contributed by atoms with van der Waals surface area (Å²) in [5, 5.41) is 12.2. The van der Waals surface area contributed by atoms with Gasteiger partial charge in [-0.15, -0.1) is 0 Å². The number of carboxylic acid groups (broad SMARTS) is 1. The third-order valence-electron chi connectivity index (χ3n) is 5.10. The second-order valence-electron chi connectivity index (χ2n) is 7.47. The molecule has 2 aromatic rings. The first-order chi connectivity index (χ1) is 13.9. The van der Waals surface area contributed by atoms with Gasteiger partial charge in [0.1, 0.15) is 0 Å². The molecule has 7 heteroatoms. The minimum absolute atomic E-state index is 0.0348. The molecule has 1 aromatic carbocycles. The molecule has 2 heterocycles. The highest BCUT2D eigenvalue weighted by Crippen LogP contribution is 2.20. The standard InChI is InChI=1S/C22H25N3O4/c1-15-5-4-6-16(9-15)10-17(22(28)29)12-24-21(27)18-11-20(26)25(13-18)14-19-7-2-3-8-23-19/h2-9,17-18H,10-14H2,1H3,(H,24,27)(H,28,29)/t17-,18+/m0/s1. The highest BCUT2D eigenvalue weighted by Gasteiger charge is 2.34. The van der Waals surface area contributed by atoms with Gasteiger partial charge < -0.3 is 15.3 Å². The van der Waals surface area contributed by atoms with E-state index in [1.54, 1.807) is 17.2 Å². The predicted molar refractivity (Wildman–Crippen MR) is 107 cm³/mol. The minimum Gasteiger partial charge on any atom is -0.481 e. The van der Waals surface area contributed by atoms with Crippen LogP contribution < -0.4 is 5.32 Å². The zero-order valence-electron chi connectivity index (χ0n) is 16.4. The molecule has 1 saturated heterocycles. The van der Waals surface area contributed by atoms with Crippen LogP contribution in [0.3, 0.4) is 0 Å². The van der Waals surface area contributed by atoms with Crippen molar-refractivity contribution in [2.45, 2.75) is 26.3 Å². The number of hydrogen-bond acceptors (Lipinski definition) is 4. The van der Waals surface area contributed by atoms with Crippen molar-refractivity contribution in [3.63, 3.8) is 0 Å². The van der Waals surface area contributed by atoms with Gasteiger partial charge in [-0.1, -0.05) is 35.9 Å². The molecule has 0 bridgehead atoms. The Labute approximate surface area is 169 Å². The molecule has 0 unspecified atom stereocenters. The van der Waals surface area contributed by atoms with Crippen molar-refractivity contribution in [2.24, 2.45) is 11.8 Å². The lowest BCUT2D eigenvalue weighted by Gasteiger charge is -2.17. The summed E-state index contributed by atoms with van der Waals surface area (Å²) in [6, 6.07) is 13.2. The Kier molecular flexibility index (Phi) is 6.59. The van der Waals surface area contributed by atoms with Crippen LogP contribution in [0.15, 0.2) is 48.7 Å². The van der Waals surface area contributed by atoms with Gasteiger partial charge >= 0.3 is 5.97 Å². The molecule has 0 aliphatic carbocycles. The van der Waals surface area contributed by atoms with Crippen LogP contribution in [0.5, 0.6) is 0 Å². The van der Waals surface area contributed by atoms with Crippen LogP contribution in [-0.2, 0) is 27.3 Å². The number of carbonyl (C=O) groups is 3.